The summed E-state index contributed by atoms with van der Waals surface area (Å²) >= 11 is 0. The van der Waals surface area contributed by atoms with Gasteiger partial charge in [0.1, 0.15) is 5.60 Å². The van der Waals surface area contributed by atoms with Crippen LogP contribution in [-0.4, -0.2) is 53.1 Å². The molecule has 7 rings (SSSR count). The molecule has 1 unspecified atom stereocenters. The maximum Gasteiger partial charge on any atom is 0.470 e. The van der Waals surface area contributed by atoms with Crippen LogP contribution in [-0.2, 0) is 37.7 Å². The standard InChI is InChI=1S/C28H25F3N6O6S/c29-28(30,31)26-36-33-22(43-26)16-4-2-15(3-5-16)13-37-20-12-17(6-9-21(20)44(39,40)14-19(32)24(37)38)23-34-35-25(42-23)27(18-7-8-18)10-1-11-41-27/h2-6,9,12,18-19H,1,7-8,10-11,13-14,32H2/t19-,27?/m0/s1. The van der Waals surface area contributed by atoms with Gasteiger partial charge in [0.2, 0.25) is 23.6 Å². The summed E-state index contributed by atoms with van der Waals surface area (Å²) in [5.74, 6) is -2.17. The minimum atomic E-state index is -4.78. The van der Waals surface area contributed by atoms with E-state index in [2.05, 4.69) is 20.4 Å². The molecule has 2 aromatic heterocycles. The molecule has 2 N–H and O–H groups in total. The first-order valence-corrected chi connectivity index (χ1v) is 15.5. The van der Waals surface area contributed by atoms with E-state index in [9.17, 15) is 26.4 Å². The van der Waals surface area contributed by atoms with Crippen LogP contribution in [0.1, 0.15) is 43.0 Å². The molecule has 0 radical (unpaired) electrons. The van der Waals surface area contributed by atoms with Crippen molar-refractivity contribution in [3.63, 3.8) is 0 Å². The molecular weight excluding hydrogens is 605 g/mol. The maximum absolute atomic E-state index is 13.5. The minimum absolute atomic E-state index is 0.0852. The highest BCUT2D eigenvalue weighted by Gasteiger charge is 2.53. The number of rotatable bonds is 6. The fraction of sp³-hybridized carbons (Fsp3) is 0.393. The lowest BCUT2D eigenvalue weighted by Crippen LogP contribution is -2.45. The number of alkyl halides is 3. The zero-order chi connectivity index (χ0) is 30.9. The van der Waals surface area contributed by atoms with Crippen LogP contribution in [0.5, 0.6) is 0 Å². The number of amides is 1. The van der Waals surface area contributed by atoms with E-state index in [1.54, 1.807) is 18.2 Å². The number of carbonyl (C=O) groups excluding carboxylic acids is 1. The molecule has 0 spiro atoms. The Balaban J connectivity index is 1.22. The third kappa shape index (κ3) is 4.95. The topological polar surface area (TPSA) is 168 Å². The number of carbonyl (C=O) groups is 1. The summed E-state index contributed by atoms with van der Waals surface area (Å²) in [6.45, 7) is 0.511. The monoisotopic (exact) mass is 630 g/mol. The molecule has 4 heterocycles. The van der Waals surface area contributed by atoms with Gasteiger partial charge in [-0.2, -0.15) is 13.2 Å². The molecule has 230 valence electrons. The number of ether oxygens (including phenoxy) is 1. The molecule has 44 heavy (non-hydrogen) atoms. The van der Waals surface area contributed by atoms with Gasteiger partial charge < -0.3 is 24.2 Å². The van der Waals surface area contributed by atoms with Gasteiger partial charge in [-0.25, -0.2) is 8.42 Å². The first-order valence-electron chi connectivity index (χ1n) is 13.9. The fourth-order valence-electron chi connectivity index (χ4n) is 5.78. The van der Waals surface area contributed by atoms with Crippen LogP contribution in [0.2, 0.25) is 0 Å². The van der Waals surface area contributed by atoms with Crippen molar-refractivity contribution >= 4 is 21.4 Å². The lowest BCUT2D eigenvalue weighted by Gasteiger charge is -2.24. The van der Waals surface area contributed by atoms with Crippen LogP contribution in [0.15, 0.2) is 56.2 Å². The second-order valence-corrected chi connectivity index (χ2v) is 13.1. The third-order valence-electron chi connectivity index (χ3n) is 8.10. The molecule has 2 aromatic carbocycles. The van der Waals surface area contributed by atoms with Crippen molar-refractivity contribution in [3.8, 4) is 22.9 Å². The molecular formula is C28H25F3N6O6S. The largest absolute Gasteiger partial charge is 0.470 e. The highest BCUT2D eigenvalue weighted by atomic mass is 32.2. The summed E-state index contributed by atoms with van der Waals surface area (Å²) in [6.07, 6.45) is -1.11. The average molecular weight is 631 g/mol. The minimum Gasteiger partial charge on any atom is -0.418 e. The smallest absolute Gasteiger partial charge is 0.418 e. The number of sulfone groups is 1. The molecule has 12 nitrogen and oxygen atoms in total. The second kappa shape index (κ2) is 10.2. The highest BCUT2D eigenvalue weighted by molar-refractivity contribution is 7.91. The average Bonchev–Trinajstić information content (AvgIpc) is 3.39. The van der Waals surface area contributed by atoms with Gasteiger partial charge in [-0.1, -0.05) is 12.1 Å². The van der Waals surface area contributed by atoms with E-state index in [0.29, 0.717) is 29.5 Å². The number of benzene rings is 2. The van der Waals surface area contributed by atoms with Crippen molar-refractivity contribution in [1.29, 1.82) is 0 Å². The van der Waals surface area contributed by atoms with Gasteiger partial charge in [-0.3, -0.25) is 4.79 Å². The van der Waals surface area contributed by atoms with Crippen LogP contribution in [0.25, 0.3) is 22.9 Å². The van der Waals surface area contributed by atoms with Crippen LogP contribution >= 0.6 is 0 Å². The normalized spacial score (nSPS) is 23.5. The highest BCUT2D eigenvalue weighted by Crippen LogP contribution is 2.53. The SMILES string of the molecule is N[C@H]1CS(=O)(=O)c2ccc(-c3nnc(C4(C5CC5)CCCO4)o3)cc2N(Cc2ccc(-c3nnc(C(F)(F)F)o3)cc2)C1=O. The maximum atomic E-state index is 13.5. The van der Waals surface area contributed by atoms with Crippen LogP contribution < -0.4 is 10.6 Å². The number of anilines is 1. The molecule has 1 saturated carbocycles. The van der Waals surface area contributed by atoms with Gasteiger partial charge in [0.25, 0.3) is 0 Å². The Kier molecular flexibility index (Phi) is 6.64. The summed E-state index contributed by atoms with van der Waals surface area (Å²) in [7, 11) is -3.95. The first-order chi connectivity index (χ1) is 20.9. The van der Waals surface area contributed by atoms with Gasteiger partial charge in [0, 0.05) is 17.7 Å². The molecule has 16 heteroatoms. The lowest BCUT2D eigenvalue weighted by atomic mass is 9.94. The summed E-state index contributed by atoms with van der Waals surface area (Å²) < 4.78 is 82.0. The quantitative estimate of drug-likeness (QED) is 0.328. The number of aromatic nitrogens is 4. The molecule has 2 aliphatic heterocycles. The second-order valence-electron chi connectivity index (χ2n) is 11.1. The molecule has 1 saturated heterocycles. The van der Waals surface area contributed by atoms with Crippen molar-refractivity contribution in [2.45, 2.75) is 54.9 Å². The molecule has 4 aromatic rings. The number of nitrogens with zero attached hydrogens (tertiary/aromatic N) is 5. The van der Waals surface area contributed by atoms with Gasteiger partial charge in [-0.05, 0) is 67.5 Å². The summed E-state index contributed by atoms with van der Waals surface area (Å²) in [6, 6.07) is 9.13. The number of hydrogen-bond donors (Lipinski definition) is 1. The summed E-state index contributed by atoms with van der Waals surface area (Å²) in [5, 5.41) is 15.0. The Morgan fingerprint density at radius 3 is 2.34 bits per heavy atom. The molecule has 0 bridgehead atoms. The lowest BCUT2D eigenvalue weighted by molar-refractivity contribution is -0.157. The van der Waals surface area contributed by atoms with E-state index in [1.165, 1.54) is 29.2 Å². The molecule has 2 atom stereocenters. The Bertz CT molecular complexity index is 1850. The third-order valence-corrected chi connectivity index (χ3v) is 9.91. The Morgan fingerprint density at radius 1 is 0.977 bits per heavy atom. The van der Waals surface area contributed by atoms with E-state index in [-0.39, 0.29) is 34.5 Å². The number of halogens is 3. The fourth-order valence-corrected chi connectivity index (χ4v) is 7.34. The number of fused-ring (bicyclic) bond motifs is 1. The molecule has 1 aliphatic carbocycles. The van der Waals surface area contributed by atoms with Gasteiger partial charge >= 0.3 is 12.1 Å². The predicted molar refractivity (Wildman–Crippen MR) is 145 cm³/mol. The van der Waals surface area contributed by atoms with E-state index in [0.717, 1.165) is 25.7 Å². The van der Waals surface area contributed by atoms with Crippen LogP contribution in [0.3, 0.4) is 0 Å². The number of nitrogens with two attached hydrogens (primary N) is 1. The van der Waals surface area contributed by atoms with Crippen molar-refractivity contribution in [2.75, 3.05) is 17.3 Å². The van der Waals surface area contributed by atoms with Crippen molar-refractivity contribution in [3.05, 3.63) is 59.8 Å². The van der Waals surface area contributed by atoms with Crippen molar-refractivity contribution in [2.24, 2.45) is 11.7 Å². The zero-order valence-corrected chi connectivity index (χ0v) is 23.8. The van der Waals surface area contributed by atoms with E-state index in [4.69, 9.17) is 19.3 Å². The Morgan fingerprint density at radius 2 is 1.68 bits per heavy atom. The van der Waals surface area contributed by atoms with Crippen LogP contribution in [0.4, 0.5) is 18.9 Å². The molecule has 3 aliphatic rings. The first kappa shape index (κ1) is 28.6. The van der Waals surface area contributed by atoms with E-state index < -0.39 is 45.2 Å². The molecule has 1 amide bonds. The molecule has 2 fully saturated rings. The van der Waals surface area contributed by atoms with E-state index >= 15 is 0 Å². The van der Waals surface area contributed by atoms with Gasteiger partial charge in [0.05, 0.1) is 28.9 Å². The van der Waals surface area contributed by atoms with Crippen molar-refractivity contribution < 1.29 is 40.0 Å². The van der Waals surface area contributed by atoms with Crippen molar-refractivity contribution in [1.82, 2.24) is 20.4 Å². The summed E-state index contributed by atoms with van der Waals surface area (Å²) in [4.78, 5) is 14.6. The predicted octanol–water partition coefficient (Wildman–Crippen LogP) is 3.87. The van der Waals surface area contributed by atoms with Gasteiger partial charge in [-0.15, -0.1) is 20.4 Å². The van der Waals surface area contributed by atoms with E-state index in [1.807, 2.05) is 0 Å². The van der Waals surface area contributed by atoms with Crippen LogP contribution in [0, 0.1) is 5.92 Å². The summed E-state index contributed by atoms with van der Waals surface area (Å²) in [5.41, 5.74) is 6.68. The Hall–Kier alpha value is -4.15. The zero-order valence-electron chi connectivity index (χ0n) is 23.0. The Labute approximate surface area is 248 Å². The number of hydrogen-bond acceptors (Lipinski definition) is 11. The van der Waals surface area contributed by atoms with Gasteiger partial charge in [0.15, 0.2) is 9.84 Å².